The van der Waals surface area contributed by atoms with Crippen LogP contribution in [0, 0.1) is 19.8 Å². The molecular formula is C20H25N3O2. The lowest BCUT2D eigenvalue weighted by atomic mass is 9.89. The van der Waals surface area contributed by atoms with Crippen LogP contribution in [0.15, 0.2) is 24.5 Å². The number of benzene rings is 1. The summed E-state index contributed by atoms with van der Waals surface area (Å²) in [5.41, 5.74) is 5.90. The third-order valence-electron chi connectivity index (χ3n) is 5.55. The molecule has 0 bridgehead atoms. The number of hydrogen-bond acceptors (Lipinski definition) is 3. The summed E-state index contributed by atoms with van der Waals surface area (Å²) in [7, 11) is 1.89. The molecule has 5 nitrogen and oxygen atoms in total. The zero-order valence-electron chi connectivity index (χ0n) is 15.2. The summed E-state index contributed by atoms with van der Waals surface area (Å²) in [5.74, 6) is 0.0565. The van der Waals surface area contributed by atoms with Crippen molar-refractivity contribution >= 4 is 11.6 Å². The zero-order valence-corrected chi connectivity index (χ0v) is 15.2. The van der Waals surface area contributed by atoms with Gasteiger partial charge in [-0.15, -0.1) is 0 Å². The molecule has 132 valence electrons. The Bertz CT molecular complexity index is 811. The highest BCUT2D eigenvalue weighted by atomic mass is 16.5. The maximum Gasteiger partial charge on any atom is 0.233 e. The van der Waals surface area contributed by atoms with Crippen molar-refractivity contribution in [3.05, 3.63) is 46.8 Å². The maximum atomic E-state index is 13.4. The lowest BCUT2D eigenvalue weighted by Gasteiger charge is -2.33. The van der Waals surface area contributed by atoms with Crippen LogP contribution in [0.4, 0.5) is 5.69 Å². The van der Waals surface area contributed by atoms with E-state index in [9.17, 15) is 4.79 Å². The van der Waals surface area contributed by atoms with Crippen molar-refractivity contribution in [3.8, 4) is 0 Å². The molecule has 2 aliphatic heterocycles. The summed E-state index contributed by atoms with van der Waals surface area (Å²) in [5, 5.41) is 4.25. The molecule has 1 aromatic heterocycles. The van der Waals surface area contributed by atoms with Crippen molar-refractivity contribution in [3.63, 3.8) is 0 Å². The average Bonchev–Trinajstić information content (AvgIpc) is 3.21. The molecule has 4 rings (SSSR count). The van der Waals surface area contributed by atoms with Crippen LogP contribution < -0.4 is 4.90 Å². The molecule has 25 heavy (non-hydrogen) atoms. The molecule has 0 N–H and O–H groups in total. The van der Waals surface area contributed by atoms with Gasteiger partial charge in [0, 0.05) is 37.6 Å². The number of ether oxygens (including phenoxy) is 1. The van der Waals surface area contributed by atoms with Gasteiger partial charge in [-0.3, -0.25) is 9.48 Å². The van der Waals surface area contributed by atoms with Crippen molar-refractivity contribution in [2.75, 3.05) is 18.1 Å². The van der Waals surface area contributed by atoms with Gasteiger partial charge in [0.25, 0.3) is 0 Å². The van der Waals surface area contributed by atoms with E-state index in [2.05, 4.69) is 31.1 Å². The summed E-state index contributed by atoms with van der Waals surface area (Å²) in [6.45, 7) is 5.72. The quantitative estimate of drug-likeness (QED) is 0.845. The molecule has 0 radical (unpaired) electrons. The second-order valence-electron chi connectivity index (χ2n) is 7.29. The summed E-state index contributed by atoms with van der Waals surface area (Å²) in [4.78, 5) is 15.3. The minimum atomic E-state index is -0.189. The summed E-state index contributed by atoms with van der Waals surface area (Å²) >= 11 is 0. The minimum Gasteiger partial charge on any atom is -0.373 e. The monoisotopic (exact) mass is 339 g/mol. The van der Waals surface area contributed by atoms with E-state index in [1.54, 1.807) is 4.68 Å². The Morgan fingerprint density at radius 1 is 1.28 bits per heavy atom. The lowest BCUT2D eigenvalue weighted by molar-refractivity contribution is -0.131. The SMILES string of the molecule is Cc1cc2c(cc1C)N(C(=O)[C@@H]1CCCO[C@H]1c1cnn(C)c1)CC2. The molecule has 5 heteroatoms. The lowest BCUT2D eigenvalue weighted by Crippen LogP contribution is -2.40. The molecule has 0 spiro atoms. The molecule has 1 fully saturated rings. The maximum absolute atomic E-state index is 13.4. The van der Waals surface area contributed by atoms with Crippen molar-refractivity contribution in [2.24, 2.45) is 13.0 Å². The second kappa shape index (κ2) is 6.30. The smallest absolute Gasteiger partial charge is 0.233 e. The highest BCUT2D eigenvalue weighted by molar-refractivity contribution is 5.97. The number of carbonyl (C=O) groups is 1. The van der Waals surface area contributed by atoms with E-state index in [1.807, 2.05) is 24.3 Å². The average molecular weight is 339 g/mol. The predicted octanol–water partition coefficient (Wildman–Crippen LogP) is 3.09. The van der Waals surface area contributed by atoms with E-state index in [4.69, 9.17) is 4.74 Å². The van der Waals surface area contributed by atoms with E-state index in [0.717, 1.165) is 37.1 Å². The number of nitrogens with zero attached hydrogens (tertiary/aromatic N) is 3. The molecular weight excluding hydrogens is 314 g/mol. The van der Waals surface area contributed by atoms with Crippen LogP contribution in [0.25, 0.3) is 0 Å². The van der Waals surface area contributed by atoms with Gasteiger partial charge in [0.1, 0.15) is 0 Å². The van der Waals surface area contributed by atoms with Crippen LogP contribution in [-0.4, -0.2) is 28.8 Å². The molecule has 1 saturated heterocycles. The van der Waals surface area contributed by atoms with E-state index in [1.165, 1.54) is 16.7 Å². The van der Waals surface area contributed by atoms with E-state index < -0.39 is 0 Å². The molecule has 2 aliphatic rings. The Labute approximate surface area is 148 Å². The van der Waals surface area contributed by atoms with Crippen LogP contribution in [0.3, 0.4) is 0 Å². The first-order chi connectivity index (χ1) is 12.0. The molecule has 3 heterocycles. The van der Waals surface area contributed by atoms with Crippen LogP contribution in [0.1, 0.15) is 41.2 Å². The zero-order chi connectivity index (χ0) is 17.6. The Morgan fingerprint density at radius 3 is 2.84 bits per heavy atom. The topological polar surface area (TPSA) is 47.4 Å². The largest absolute Gasteiger partial charge is 0.373 e. The normalized spacial score (nSPS) is 22.9. The van der Waals surface area contributed by atoms with Crippen molar-refractivity contribution in [1.29, 1.82) is 0 Å². The van der Waals surface area contributed by atoms with Gasteiger partial charge in [-0.1, -0.05) is 6.07 Å². The first-order valence-corrected chi connectivity index (χ1v) is 9.06. The van der Waals surface area contributed by atoms with Crippen molar-refractivity contribution < 1.29 is 9.53 Å². The van der Waals surface area contributed by atoms with Crippen LogP contribution in [-0.2, 0) is 23.0 Å². The van der Waals surface area contributed by atoms with Crippen molar-refractivity contribution in [2.45, 2.75) is 39.2 Å². The van der Waals surface area contributed by atoms with Gasteiger partial charge in [-0.05, 0) is 55.9 Å². The summed E-state index contributed by atoms with van der Waals surface area (Å²) < 4.78 is 7.77. The summed E-state index contributed by atoms with van der Waals surface area (Å²) in [6, 6.07) is 4.40. The molecule has 2 atom stereocenters. The third kappa shape index (κ3) is 2.86. The number of fused-ring (bicyclic) bond motifs is 1. The number of amides is 1. The summed E-state index contributed by atoms with van der Waals surface area (Å²) in [6.07, 6.45) is 6.33. The number of rotatable bonds is 2. The van der Waals surface area contributed by atoms with Gasteiger partial charge in [-0.25, -0.2) is 0 Å². The fourth-order valence-electron chi connectivity index (χ4n) is 4.04. The molecule has 2 aromatic rings. The van der Waals surface area contributed by atoms with Gasteiger partial charge >= 0.3 is 0 Å². The fourth-order valence-corrected chi connectivity index (χ4v) is 4.04. The number of aryl methyl sites for hydroxylation is 3. The second-order valence-corrected chi connectivity index (χ2v) is 7.29. The molecule has 0 saturated carbocycles. The molecule has 0 aliphatic carbocycles. The number of anilines is 1. The van der Waals surface area contributed by atoms with Crippen LogP contribution in [0.2, 0.25) is 0 Å². The van der Waals surface area contributed by atoms with E-state index in [0.29, 0.717) is 6.61 Å². The number of aromatic nitrogens is 2. The van der Waals surface area contributed by atoms with Crippen molar-refractivity contribution in [1.82, 2.24) is 9.78 Å². The number of carbonyl (C=O) groups excluding carboxylic acids is 1. The Hall–Kier alpha value is -2.14. The van der Waals surface area contributed by atoms with Crippen LogP contribution in [0.5, 0.6) is 0 Å². The number of hydrogen-bond donors (Lipinski definition) is 0. The third-order valence-corrected chi connectivity index (χ3v) is 5.55. The standard InChI is InChI=1S/C20H25N3O2/c1-13-9-15-6-7-23(18(15)10-14(13)2)20(24)17-5-4-8-25-19(17)16-11-21-22(3)12-16/h9-12,17,19H,4-8H2,1-3H3/t17-,19+/m1/s1. The van der Waals surface area contributed by atoms with E-state index >= 15 is 0 Å². The van der Waals surface area contributed by atoms with Gasteiger partial charge < -0.3 is 9.64 Å². The molecule has 1 aromatic carbocycles. The highest BCUT2D eigenvalue weighted by Crippen LogP contribution is 2.38. The fraction of sp³-hybridized carbons (Fsp3) is 0.500. The Morgan fingerprint density at radius 2 is 2.08 bits per heavy atom. The van der Waals surface area contributed by atoms with Gasteiger partial charge in [0.15, 0.2) is 0 Å². The van der Waals surface area contributed by atoms with E-state index in [-0.39, 0.29) is 17.9 Å². The van der Waals surface area contributed by atoms with Gasteiger partial charge in [0.05, 0.1) is 18.2 Å². The van der Waals surface area contributed by atoms with Gasteiger partial charge in [0.2, 0.25) is 5.91 Å². The molecule has 1 amide bonds. The van der Waals surface area contributed by atoms with Gasteiger partial charge in [-0.2, -0.15) is 5.10 Å². The predicted molar refractivity (Wildman–Crippen MR) is 96.6 cm³/mol. The molecule has 0 unspecified atom stereocenters. The first-order valence-electron chi connectivity index (χ1n) is 9.06. The highest BCUT2D eigenvalue weighted by Gasteiger charge is 2.38. The van der Waals surface area contributed by atoms with Crippen LogP contribution >= 0.6 is 0 Å². The Balaban J connectivity index is 1.63. The Kier molecular flexibility index (Phi) is 4.12. The minimum absolute atomic E-state index is 0.134. The first kappa shape index (κ1) is 16.3.